The Morgan fingerprint density at radius 2 is 2.17 bits per heavy atom. The van der Waals surface area contributed by atoms with Crippen LogP contribution in [0.4, 0.5) is 5.69 Å². The predicted molar refractivity (Wildman–Crippen MR) is 73.7 cm³/mol. The average Bonchev–Trinajstić information content (AvgIpc) is 2.25. The monoisotopic (exact) mass is 270 g/mol. The summed E-state index contributed by atoms with van der Waals surface area (Å²) in [5.74, 6) is -0.203. The summed E-state index contributed by atoms with van der Waals surface area (Å²) in [5.41, 5.74) is 7.44. The van der Waals surface area contributed by atoms with Gasteiger partial charge in [-0.1, -0.05) is 11.6 Å². The summed E-state index contributed by atoms with van der Waals surface area (Å²) >= 11 is 5.92. The van der Waals surface area contributed by atoms with Crippen molar-refractivity contribution >= 4 is 23.3 Å². The van der Waals surface area contributed by atoms with Crippen LogP contribution < -0.4 is 5.73 Å². The van der Waals surface area contributed by atoms with Gasteiger partial charge in [-0.15, -0.1) is 0 Å². The molecule has 1 aromatic carbocycles. The SMILES string of the molecule is CCOC(=O)CN(C)CCc1cc(N)cc(Cl)c1. The number of nitrogens with zero attached hydrogens (tertiary/aromatic N) is 1. The van der Waals surface area contributed by atoms with Gasteiger partial charge >= 0.3 is 5.97 Å². The summed E-state index contributed by atoms with van der Waals surface area (Å²) in [4.78, 5) is 13.2. The molecule has 0 aromatic heterocycles. The molecule has 0 unspecified atom stereocenters. The molecular formula is C13H19ClN2O2. The van der Waals surface area contributed by atoms with E-state index in [1.807, 2.05) is 24.1 Å². The molecule has 18 heavy (non-hydrogen) atoms. The van der Waals surface area contributed by atoms with Gasteiger partial charge < -0.3 is 10.5 Å². The lowest BCUT2D eigenvalue weighted by atomic mass is 10.1. The molecule has 0 spiro atoms. The normalized spacial score (nSPS) is 10.7. The van der Waals surface area contributed by atoms with Crippen molar-refractivity contribution in [3.63, 3.8) is 0 Å². The van der Waals surface area contributed by atoms with Gasteiger partial charge in [0.2, 0.25) is 0 Å². The summed E-state index contributed by atoms with van der Waals surface area (Å²) in [6, 6.07) is 5.49. The molecular weight excluding hydrogens is 252 g/mol. The molecule has 0 aliphatic rings. The highest BCUT2D eigenvalue weighted by Gasteiger charge is 2.07. The zero-order chi connectivity index (χ0) is 13.5. The van der Waals surface area contributed by atoms with E-state index in [0.29, 0.717) is 23.9 Å². The van der Waals surface area contributed by atoms with Crippen LogP contribution >= 0.6 is 11.6 Å². The highest BCUT2D eigenvalue weighted by atomic mass is 35.5. The number of likely N-dealkylation sites (N-methyl/N-ethyl adjacent to an activating group) is 1. The van der Waals surface area contributed by atoms with Crippen LogP contribution in [0, 0.1) is 0 Å². The van der Waals surface area contributed by atoms with Crippen molar-refractivity contribution in [3.8, 4) is 0 Å². The zero-order valence-corrected chi connectivity index (χ0v) is 11.5. The molecule has 0 bridgehead atoms. The van der Waals surface area contributed by atoms with Crippen LogP contribution in [0.3, 0.4) is 0 Å². The first-order valence-electron chi connectivity index (χ1n) is 5.90. The van der Waals surface area contributed by atoms with E-state index in [9.17, 15) is 4.79 Å². The maximum atomic E-state index is 11.3. The minimum Gasteiger partial charge on any atom is -0.465 e. The van der Waals surface area contributed by atoms with Crippen LogP contribution in [0.1, 0.15) is 12.5 Å². The minimum atomic E-state index is -0.203. The van der Waals surface area contributed by atoms with Gasteiger partial charge in [0.25, 0.3) is 0 Å². The second-order valence-electron chi connectivity index (χ2n) is 4.19. The molecule has 0 fully saturated rings. The fraction of sp³-hybridized carbons (Fsp3) is 0.462. The third-order valence-electron chi connectivity index (χ3n) is 2.47. The van der Waals surface area contributed by atoms with Crippen LogP contribution in [0.25, 0.3) is 0 Å². The fourth-order valence-electron chi connectivity index (χ4n) is 1.65. The first-order chi connectivity index (χ1) is 8.51. The molecule has 100 valence electrons. The van der Waals surface area contributed by atoms with Crippen LogP contribution in [0.2, 0.25) is 5.02 Å². The standard InChI is InChI=1S/C13H19ClN2O2/c1-3-18-13(17)9-16(2)5-4-10-6-11(14)8-12(15)7-10/h6-8H,3-5,9,15H2,1-2H3. The topological polar surface area (TPSA) is 55.6 Å². The Hall–Kier alpha value is -1.26. The van der Waals surface area contributed by atoms with Gasteiger partial charge in [-0.05, 0) is 44.2 Å². The molecule has 0 aliphatic carbocycles. The third-order valence-corrected chi connectivity index (χ3v) is 2.68. The van der Waals surface area contributed by atoms with E-state index in [4.69, 9.17) is 22.1 Å². The number of benzene rings is 1. The van der Waals surface area contributed by atoms with Crippen molar-refractivity contribution < 1.29 is 9.53 Å². The van der Waals surface area contributed by atoms with Gasteiger partial charge in [0.1, 0.15) is 0 Å². The van der Waals surface area contributed by atoms with Crippen molar-refractivity contribution in [2.24, 2.45) is 0 Å². The number of ether oxygens (including phenoxy) is 1. The molecule has 2 N–H and O–H groups in total. The molecule has 5 heteroatoms. The molecule has 1 rings (SSSR count). The molecule has 0 radical (unpaired) electrons. The van der Waals surface area contributed by atoms with Crippen molar-refractivity contribution in [2.45, 2.75) is 13.3 Å². The molecule has 0 amide bonds. The van der Waals surface area contributed by atoms with Gasteiger partial charge in [0, 0.05) is 17.3 Å². The molecule has 0 aliphatic heterocycles. The number of hydrogen-bond donors (Lipinski definition) is 1. The number of nitrogens with two attached hydrogens (primary N) is 1. The van der Waals surface area contributed by atoms with Crippen LogP contribution in [0.15, 0.2) is 18.2 Å². The summed E-state index contributed by atoms with van der Waals surface area (Å²) in [7, 11) is 1.88. The number of halogens is 1. The Bertz CT molecular complexity index is 390. The van der Waals surface area contributed by atoms with Crippen LogP contribution in [-0.4, -0.2) is 37.6 Å². The quantitative estimate of drug-likeness (QED) is 0.634. The summed E-state index contributed by atoms with van der Waals surface area (Å²) < 4.78 is 4.88. The minimum absolute atomic E-state index is 0.203. The van der Waals surface area contributed by atoms with Gasteiger partial charge in [-0.3, -0.25) is 9.69 Å². The van der Waals surface area contributed by atoms with E-state index in [-0.39, 0.29) is 5.97 Å². The number of hydrogen-bond acceptors (Lipinski definition) is 4. The van der Waals surface area contributed by atoms with E-state index in [2.05, 4.69) is 0 Å². The smallest absolute Gasteiger partial charge is 0.320 e. The molecule has 0 saturated heterocycles. The molecule has 0 atom stereocenters. The zero-order valence-electron chi connectivity index (χ0n) is 10.8. The molecule has 1 aromatic rings. The number of carbonyl (C=O) groups excluding carboxylic acids is 1. The molecule has 0 heterocycles. The average molecular weight is 271 g/mol. The number of carbonyl (C=O) groups is 1. The van der Waals surface area contributed by atoms with E-state index < -0.39 is 0 Å². The van der Waals surface area contributed by atoms with Crippen LogP contribution in [0.5, 0.6) is 0 Å². The lowest BCUT2D eigenvalue weighted by Gasteiger charge is -2.15. The Labute approximate surface area is 113 Å². The van der Waals surface area contributed by atoms with Gasteiger partial charge in [-0.2, -0.15) is 0 Å². The van der Waals surface area contributed by atoms with Crippen molar-refractivity contribution in [2.75, 3.05) is 32.5 Å². The van der Waals surface area contributed by atoms with E-state index >= 15 is 0 Å². The van der Waals surface area contributed by atoms with Crippen LogP contribution in [-0.2, 0) is 16.0 Å². The summed E-state index contributed by atoms with van der Waals surface area (Å²) in [5, 5.41) is 0.637. The van der Waals surface area contributed by atoms with E-state index in [0.717, 1.165) is 18.5 Å². The number of rotatable bonds is 6. The second kappa shape index (κ2) is 7.24. The second-order valence-corrected chi connectivity index (χ2v) is 4.62. The van der Waals surface area contributed by atoms with Gasteiger partial charge in [0.15, 0.2) is 0 Å². The van der Waals surface area contributed by atoms with E-state index in [1.165, 1.54) is 0 Å². The highest BCUT2D eigenvalue weighted by molar-refractivity contribution is 6.30. The Morgan fingerprint density at radius 1 is 1.44 bits per heavy atom. The largest absolute Gasteiger partial charge is 0.465 e. The maximum Gasteiger partial charge on any atom is 0.320 e. The molecule has 4 nitrogen and oxygen atoms in total. The first kappa shape index (κ1) is 14.8. The fourth-order valence-corrected chi connectivity index (χ4v) is 1.91. The lowest BCUT2D eigenvalue weighted by Crippen LogP contribution is -2.29. The summed E-state index contributed by atoms with van der Waals surface area (Å²) in [6.07, 6.45) is 0.792. The highest BCUT2D eigenvalue weighted by Crippen LogP contribution is 2.17. The summed E-state index contributed by atoms with van der Waals surface area (Å²) in [6.45, 7) is 3.26. The number of anilines is 1. The molecule has 0 saturated carbocycles. The van der Waals surface area contributed by atoms with Gasteiger partial charge in [-0.25, -0.2) is 0 Å². The predicted octanol–water partition coefficient (Wildman–Crippen LogP) is 1.96. The Morgan fingerprint density at radius 3 is 2.78 bits per heavy atom. The van der Waals surface area contributed by atoms with Gasteiger partial charge in [0.05, 0.1) is 13.2 Å². The maximum absolute atomic E-state index is 11.3. The van der Waals surface area contributed by atoms with Crippen molar-refractivity contribution in [3.05, 3.63) is 28.8 Å². The Kier molecular flexibility index (Phi) is 5.95. The van der Waals surface area contributed by atoms with Crippen molar-refractivity contribution in [1.82, 2.24) is 4.90 Å². The first-order valence-corrected chi connectivity index (χ1v) is 6.28. The van der Waals surface area contributed by atoms with E-state index in [1.54, 1.807) is 13.0 Å². The number of nitrogen functional groups attached to an aromatic ring is 1. The Balaban J connectivity index is 2.42. The third kappa shape index (κ3) is 5.38. The lowest BCUT2D eigenvalue weighted by molar-refractivity contribution is -0.144. The van der Waals surface area contributed by atoms with Crippen molar-refractivity contribution in [1.29, 1.82) is 0 Å². The number of esters is 1.